The second-order valence-corrected chi connectivity index (χ2v) is 14.5. The van der Waals surface area contributed by atoms with Crippen LogP contribution in [-0.4, -0.2) is 71.9 Å². The third kappa shape index (κ3) is 8.45. The van der Waals surface area contributed by atoms with Gasteiger partial charge in [-0.25, -0.2) is 4.79 Å². The minimum Gasteiger partial charge on any atom is -0.444 e. The number of nitrogens with one attached hydrogen (secondary N) is 1. The Morgan fingerprint density at radius 1 is 0.745 bits per heavy atom. The van der Waals surface area contributed by atoms with Crippen LogP contribution in [0, 0.1) is 13.8 Å². The predicted octanol–water partition coefficient (Wildman–Crippen LogP) is 7.68. The van der Waals surface area contributed by atoms with Crippen LogP contribution >= 0.6 is 11.8 Å². The molecule has 0 radical (unpaired) electrons. The van der Waals surface area contributed by atoms with Gasteiger partial charge in [0.1, 0.15) is 5.60 Å². The Balaban J connectivity index is 1.39. The molecule has 47 heavy (non-hydrogen) atoms. The minimum absolute atomic E-state index is 0.0863. The Hall–Kier alpha value is -4.07. The standard InChI is InChI=1S/C40H47N3O3S/c1-30-16-15-23-36(31(30)2)37(44)43-26-24-42(25-27-43)28-35(41-38(45)46-39(3,4)5)29-47-40(32-17-9-6-10-18-32,33-19-11-7-12-20-33)34-21-13-8-14-22-34/h6-23,35H,24-29H2,1-5H3,(H,41,45)/t35-/m1/s1. The number of hydrogen-bond acceptors (Lipinski definition) is 5. The molecule has 1 aliphatic rings. The van der Waals surface area contributed by atoms with Crippen LogP contribution in [0.3, 0.4) is 0 Å². The van der Waals surface area contributed by atoms with Crippen molar-refractivity contribution in [2.75, 3.05) is 38.5 Å². The fourth-order valence-electron chi connectivity index (χ4n) is 6.21. The number of hydrogen-bond donors (Lipinski definition) is 1. The Morgan fingerprint density at radius 2 is 1.26 bits per heavy atom. The molecule has 0 spiro atoms. The summed E-state index contributed by atoms with van der Waals surface area (Å²) < 4.78 is 5.23. The van der Waals surface area contributed by atoms with E-state index in [2.05, 4.69) is 83.0 Å². The molecule has 1 N–H and O–H groups in total. The summed E-state index contributed by atoms with van der Waals surface area (Å²) in [6.45, 7) is 13.1. The van der Waals surface area contributed by atoms with Gasteiger partial charge in [-0.2, -0.15) is 0 Å². The SMILES string of the molecule is Cc1cccc(C(=O)N2CCN(C[C@H](CSC(c3ccccc3)(c3ccccc3)c3ccccc3)NC(=O)OC(C)(C)C)CC2)c1C. The molecule has 4 aromatic rings. The van der Waals surface area contributed by atoms with Gasteiger partial charge in [0.15, 0.2) is 0 Å². The first-order valence-corrected chi connectivity index (χ1v) is 17.4. The molecule has 0 saturated carbocycles. The summed E-state index contributed by atoms with van der Waals surface area (Å²) in [6, 6.07) is 37.5. The molecule has 0 bridgehead atoms. The molecule has 0 aliphatic carbocycles. The van der Waals surface area contributed by atoms with E-state index in [4.69, 9.17) is 4.74 Å². The molecular weight excluding hydrogens is 603 g/mol. The first kappa shape index (κ1) is 34.3. The maximum absolute atomic E-state index is 13.4. The highest BCUT2D eigenvalue weighted by Gasteiger charge is 2.38. The summed E-state index contributed by atoms with van der Waals surface area (Å²) in [7, 11) is 0. The lowest BCUT2D eigenvalue weighted by molar-refractivity contribution is 0.0483. The molecule has 5 rings (SSSR count). The molecular formula is C40H47N3O3S. The van der Waals surface area contributed by atoms with E-state index in [1.165, 1.54) is 16.7 Å². The summed E-state index contributed by atoms with van der Waals surface area (Å²) in [5.41, 5.74) is 5.87. The first-order valence-electron chi connectivity index (χ1n) is 16.4. The van der Waals surface area contributed by atoms with Crippen LogP contribution in [0.5, 0.6) is 0 Å². The molecule has 4 aromatic carbocycles. The van der Waals surface area contributed by atoms with Gasteiger partial charge >= 0.3 is 6.09 Å². The lowest BCUT2D eigenvalue weighted by atomic mass is 9.84. The van der Waals surface area contributed by atoms with Crippen molar-refractivity contribution in [1.82, 2.24) is 15.1 Å². The van der Waals surface area contributed by atoms with Gasteiger partial charge in [0, 0.05) is 44.0 Å². The third-order valence-electron chi connectivity index (χ3n) is 8.74. The first-order chi connectivity index (χ1) is 22.6. The highest BCUT2D eigenvalue weighted by atomic mass is 32.2. The summed E-state index contributed by atoms with van der Waals surface area (Å²) in [5, 5.41) is 3.22. The number of alkyl carbamates (subject to hydrolysis) is 1. The number of piperazine rings is 1. The smallest absolute Gasteiger partial charge is 0.407 e. The van der Waals surface area contributed by atoms with Gasteiger partial charge in [0.05, 0.1) is 10.8 Å². The number of ether oxygens (including phenoxy) is 1. The highest BCUT2D eigenvalue weighted by molar-refractivity contribution is 8.00. The monoisotopic (exact) mass is 649 g/mol. The van der Waals surface area contributed by atoms with Crippen LogP contribution in [0.15, 0.2) is 109 Å². The van der Waals surface area contributed by atoms with E-state index >= 15 is 0 Å². The van der Waals surface area contributed by atoms with E-state index in [1.54, 1.807) is 0 Å². The molecule has 7 heteroatoms. The van der Waals surface area contributed by atoms with Gasteiger partial charge in [0.2, 0.25) is 0 Å². The Kier molecular flexibility index (Phi) is 11.1. The normalized spacial score (nSPS) is 14.8. The zero-order valence-electron chi connectivity index (χ0n) is 28.2. The molecule has 2 amide bonds. The van der Waals surface area contributed by atoms with Gasteiger partial charge < -0.3 is 15.0 Å². The maximum atomic E-state index is 13.4. The van der Waals surface area contributed by atoms with Gasteiger partial charge in [-0.05, 0) is 68.5 Å². The molecule has 6 nitrogen and oxygen atoms in total. The van der Waals surface area contributed by atoms with Crippen LogP contribution in [0.4, 0.5) is 4.79 Å². The number of carbonyl (C=O) groups is 2. The van der Waals surface area contributed by atoms with Crippen LogP contribution in [0.25, 0.3) is 0 Å². The van der Waals surface area contributed by atoms with Gasteiger partial charge in [-0.15, -0.1) is 11.8 Å². The Morgan fingerprint density at radius 3 is 1.74 bits per heavy atom. The van der Waals surface area contributed by atoms with Crippen molar-refractivity contribution in [3.05, 3.63) is 143 Å². The number of thioether (sulfide) groups is 1. The molecule has 1 aliphatic heterocycles. The number of amides is 2. The van der Waals surface area contributed by atoms with E-state index in [-0.39, 0.29) is 11.9 Å². The van der Waals surface area contributed by atoms with Gasteiger partial charge in [-0.3, -0.25) is 9.69 Å². The Bertz CT molecular complexity index is 1520. The van der Waals surface area contributed by atoms with E-state index in [9.17, 15) is 9.59 Å². The van der Waals surface area contributed by atoms with Crippen molar-refractivity contribution in [1.29, 1.82) is 0 Å². The summed E-state index contributed by atoms with van der Waals surface area (Å²) >= 11 is 1.83. The quantitative estimate of drug-likeness (QED) is 0.179. The maximum Gasteiger partial charge on any atom is 0.407 e. The van der Waals surface area contributed by atoms with Crippen LogP contribution in [0.1, 0.15) is 58.9 Å². The van der Waals surface area contributed by atoms with E-state index in [0.29, 0.717) is 25.4 Å². The summed E-state index contributed by atoms with van der Waals surface area (Å²) in [6.07, 6.45) is -0.420. The largest absolute Gasteiger partial charge is 0.444 e. The molecule has 1 fully saturated rings. The number of rotatable bonds is 10. The lowest BCUT2D eigenvalue weighted by Crippen LogP contribution is -2.54. The average Bonchev–Trinajstić information content (AvgIpc) is 3.07. The number of benzene rings is 4. The second-order valence-electron chi connectivity index (χ2n) is 13.3. The van der Waals surface area contributed by atoms with Crippen LogP contribution in [0.2, 0.25) is 0 Å². The zero-order valence-corrected chi connectivity index (χ0v) is 29.1. The van der Waals surface area contributed by atoms with Gasteiger partial charge in [0.25, 0.3) is 5.91 Å². The van der Waals surface area contributed by atoms with Crippen LogP contribution < -0.4 is 5.32 Å². The average molecular weight is 650 g/mol. The van der Waals surface area contributed by atoms with Crippen molar-refractivity contribution >= 4 is 23.8 Å². The lowest BCUT2D eigenvalue weighted by Gasteiger charge is -2.39. The Labute approximate surface area is 284 Å². The minimum atomic E-state index is -0.608. The molecule has 0 aromatic heterocycles. The molecule has 1 atom stereocenters. The zero-order chi connectivity index (χ0) is 33.4. The fraction of sp³-hybridized carbons (Fsp3) is 0.350. The van der Waals surface area contributed by atoms with Crippen molar-refractivity contribution in [3.63, 3.8) is 0 Å². The predicted molar refractivity (Wildman–Crippen MR) is 193 cm³/mol. The second kappa shape index (κ2) is 15.2. The highest BCUT2D eigenvalue weighted by Crippen LogP contribution is 2.48. The van der Waals surface area contributed by atoms with Gasteiger partial charge in [-0.1, -0.05) is 103 Å². The van der Waals surface area contributed by atoms with E-state index in [1.807, 2.05) is 87.7 Å². The topological polar surface area (TPSA) is 61.9 Å². The fourth-order valence-corrected chi connectivity index (χ4v) is 7.75. The number of aryl methyl sites for hydroxylation is 1. The summed E-state index contributed by atoms with van der Waals surface area (Å²) in [5.74, 6) is 0.725. The van der Waals surface area contributed by atoms with E-state index < -0.39 is 16.4 Å². The van der Waals surface area contributed by atoms with Crippen molar-refractivity contribution in [2.24, 2.45) is 0 Å². The number of nitrogens with zero attached hydrogens (tertiary/aromatic N) is 2. The number of carbonyl (C=O) groups excluding carboxylic acids is 2. The van der Waals surface area contributed by atoms with Crippen molar-refractivity contribution in [2.45, 2.75) is 51.0 Å². The van der Waals surface area contributed by atoms with Crippen molar-refractivity contribution in [3.8, 4) is 0 Å². The summed E-state index contributed by atoms with van der Waals surface area (Å²) in [4.78, 5) is 30.9. The molecule has 1 saturated heterocycles. The third-order valence-corrected chi connectivity index (χ3v) is 10.4. The van der Waals surface area contributed by atoms with E-state index in [0.717, 1.165) is 29.8 Å². The van der Waals surface area contributed by atoms with Crippen LogP contribution in [-0.2, 0) is 9.48 Å². The molecule has 1 heterocycles. The molecule has 246 valence electrons. The molecule has 0 unspecified atom stereocenters. The van der Waals surface area contributed by atoms with Crippen molar-refractivity contribution < 1.29 is 14.3 Å².